The number of benzene rings is 3. The molecule has 1 saturated heterocycles. The highest BCUT2D eigenvalue weighted by Gasteiger charge is 2.38. The molecular weight excluding hydrogens is 566 g/mol. The summed E-state index contributed by atoms with van der Waals surface area (Å²) in [6.07, 6.45) is -3.95. The first-order valence-electron chi connectivity index (χ1n) is 12.6. The Kier molecular flexibility index (Phi) is 11.1. The zero-order valence-corrected chi connectivity index (χ0v) is 23.2. The second-order valence-corrected chi connectivity index (χ2v) is 9.86. The number of hydrogen-bond donors (Lipinski definition) is 2. The van der Waals surface area contributed by atoms with Crippen molar-refractivity contribution in [2.75, 3.05) is 45.7 Å². The van der Waals surface area contributed by atoms with Gasteiger partial charge in [-0.1, -0.05) is 29.8 Å². The zero-order chi connectivity index (χ0) is 30.2. The van der Waals surface area contributed by atoms with Gasteiger partial charge in [0.25, 0.3) is 5.91 Å². The summed E-state index contributed by atoms with van der Waals surface area (Å²) >= 11 is 5.95. The van der Waals surface area contributed by atoms with Crippen molar-refractivity contribution in [2.45, 2.75) is 19.1 Å². The normalized spacial score (nSPS) is 14.4. The van der Waals surface area contributed by atoms with Crippen molar-refractivity contribution in [3.8, 4) is 16.9 Å². The molecule has 220 valence electrons. The van der Waals surface area contributed by atoms with Gasteiger partial charge >= 0.3 is 12.1 Å². The van der Waals surface area contributed by atoms with E-state index in [1.807, 2.05) is 18.2 Å². The van der Waals surface area contributed by atoms with Crippen molar-refractivity contribution in [2.24, 2.45) is 0 Å². The van der Waals surface area contributed by atoms with Gasteiger partial charge in [-0.15, -0.1) is 0 Å². The van der Waals surface area contributed by atoms with Gasteiger partial charge < -0.3 is 20.1 Å². The van der Waals surface area contributed by atoms with Gasteiger partial charge in [-0.25, -0.2) is 9.18 Å². The van der Waals surface area contributed by atoms with Gasteiger partial charge in [-0.05, 0) is 80.1 Å². The molecule has 0 atom stereocenters. The molecule has 0 aromatic heterocycles. The first-order chi connectivity index (χ1) is 19.4. The van der Waals surface area contributed by atoms with Crippen molar-refractivity contribution >= 4 is 29.2 Å². The molecule has 1 fully saturated rings. The molecule has 0 bridgehead atoms. The largest absolute Gasteiger partial charge is 0.496 e. The molecule has 4 rings (SSSR count). The van der Waals surface area contributed by atoms with Crippen molar-refractivity contribution in [3.05, 3.63) is 82.6 Å². The molecule has 1 aliphatic rings. The van der Waals surface area contributed by atoms with E-state index in [4.69, 9.17) is 26.2 Å². The highest BCUT2D eigenvalue weighted by Crippen LogP contribution is 2.30. The summed E-state index contributed by atoms with van der Waals surface area (Å²) in [5.74, 6) is -2.84. The number of methoxy groups -OCH3 is 1. The maximum absolute atomic E-state index is 14.9. The van der Waals surface area contributed by atoms with E-state index in [1.54, 1.807) is 37.4 Å². The molecule has 1 aliphatic heterocycles. The molecule has 3 aromatic rings. The van der Waals surface area contributed by atoms with Gasteiger partial charge in [0.05, 0.1) is 12.8 Å². The molecule has 0 unspecified atom stereocenters. The monoisotopic (exact) mass is 595 g/mol. The van der Waals surface area contributed by atoms with E-state index in [0.29, 0.717) is 10.6 Å². The number of aliphatic carboxylic acids is 1. The SMILES string of the molecule is COc1ccc(-c2ccc(NC(=O)c3cccc(Cl)c3)c(F)c2)cc1CN1CCCN(C)CC1.O=C(O)C(F)(F)F. The zero-order valence-electron chi connectivity index (χ0n) is 22.5. The maximum atomic E-state index is 14.9. The van der Waals surface area contributed by atoms with Crippen LogP contribution in [0.1, 0.15) is 22.3 Å². The third-order valence-electron chi connectivity index (χ3n) is 6.37. The van der Waals surface area contributed by atoms with E-state index in [1.165, 1.54) is 6.07 Å². The number of halogens is 5. The van der Waals surface area contributed by atoms with Crippen LogP contribution in [0.5, 0.6) is 5.75 Å². The molecule has 0 aliphatic carbocycles. The number of anilines is 1. The topological polar surface area (TPSA) is 82.1 Å². The lowest BCUT2D eigenvalue weighted by Crippen LogP contribution is -2.28. The van der Waals surface area contributed by atoms with Crippen LogP contribution in [0.2, 0.25) is 5.02 Å². The second kappa shape index (κ2) is 14.3. The molecule has 0 spiro atoms. The Morgan fingerprint density at radius 2 is 1.68 bits per heavy atom. The van der Waals surface area contributed by atoms with Crippen LogP contribution in [0.3, 0.4) is 0 Å². The van der Waals surface area contributed by atoms with Crippen molar-refractivity contribution in [1.82, 2.24) is 9.80 Å². The lowest BCUT2D eigenvalue weighted by atomic mass is 10.0. The summed E-state index contributed by atoms with van der Waals surface area (Å²) in [7, 11) is 3.83. The molecule has 1 amide bonds. The number of likely N-dealkylation sites (N-methyl/N-ethyl adjacent to an activating group) is 1. The van der Waals surface area contributed by atoms with Gasteiger partial charge in [0.2, 0.25) is 0 Å². The molecule has 0 radical (unpaired) electrons. The number of hydrogen-bond acceptors (Lipinski definition) is 5. The van der Waals surface area contributed by atoms with Crippen molar-refractivity contribution in [1.29, 1.82) is 0 Å². The van der Waals surface area contributed by atoms with Gasteiger partial charge in [0, 0.05) is 35.8 Å². The van der Waals surface area contributed by atoms with E-state index >= 15 is 0 Å². The summed E-state index contributed by atoms with van der Waals surface area (Å²) in [5.41, 5.74) is 3.20. The number of rotatable bonds is 6. The molecule has 41 heavy (non-hydrogen) atoms. The standard InChI is InChI=1S/C27H29ClFN3O2.C2HF3O2/c1-31-11-4-12-32(14-13-31)18-22-15-19(8-10-26(22)34-2)20-7-9-25(24(29)17-20)30-27(33)21-5-3-6-23(28)16-21;3-2(4,5)1(6)7/h3,5-10,15-17H,4,11-14,18H2,1-2H3,(H,30,33);(H,6,7). The number of nitrogens with one attached hydrogen (secondary N) is 1. The van der Waals surface area contributed by atoms with Crippen LogP contribution in [0.4, 0.5) is 23.2 Å². The van der Waals surface area contributed by atoms with E-state index in [9.17, 15) is 22.4 Å². The van der Waals surface area contributed by atoms with Crippen LogP contribution >= 0.6 is 11.6 Å². The Bertz CT molecular complexity index is 1370. The smallest absolute Gasteiger partial charge is 0.490 e. The quantitative estimate of drug-likeness (QED) is 0.331. The minimum atomic E-state index is -5.08. The van der Waals surface area contributed by atoms with Crippen LogP contribution < -0.4 is 10.1 Å². The molecule has 7 nitrogen and oxygen atoms in total. The molecule has 3 aromatic carbocycles. The van der Waals surface area contributed by atoms with Crippen LogP contribution in [0.15, 0.2) is 60.7 Å². The average Bonchev–Trinajstić information content (AvgIpc) is 3.13. The molecule has 2 N–H and O–H groups in total. The lowest BCUT2D eigenvalue weighted by Gasteiger charge is -2.22. The number of ether oxygens (including phenoxy) is 1. The van der Waals surface area contributed by atoms with Crippen LogP contribution in [-0.2, 0) is 11.3 Å². The van der Waals surface area contributed by atoms with Gasteiger partial charge in [0.15, 0.2) is 0 Å². The Morgan fingerprint density at radius 1 is 1.00 bits per heavy atom. The third kappa shape index (κ3) is 9.44. The second-order valence-electron chi connectivity index (χ2n) is 9.42. The van der Waals surface area contributed by atoms with Crippen LogP contribution in [-0.4, -0.2) is 73.3 Å². The summed E-state index contributed by atoms with van der Waals surface area (Å²) in [6.45, 7) is 4.96. The fraction of sp³-hybridized carbons (Fsp3) is 0.310. The van der Waals surface area contributed by atoms with E-state index < -0.39 is 23.9 Å². The highest BCUT2D eigenvalue weighted by molar-refractivity contribution is 6.31. The highest BCUT2D eigenvalue weighted by atomic mass is 35.5. The van der Waals surface area contributed by atoms with Crippen molar-refractivity contribution in [3.63, 3.8) is 0 Å². The minimum absolute atomic E-state index is 0.121. The Morgan fingerprint density at radius 3 is 2.32 bits per heavy atom. The molecular formula is C29H30ClF4N3O4. The van der Waals surface area contributed by atoms with Crippen LogP contribution in [0.25, 0.3) is 11.1 Å². The lowest BCUT2D eigenvalue weighted by molar-refractivity contribution is -0.192. The number of nitrogens with zero attached hydrogens (tertiary/aromatic N) is 2. The fourth-order valence-corrected chi connectivity index (χ4v) is 4.39. The molecule has 0 saturated carbocycles. The van der Waals surface area contributed by atoms with E-state index in [-0.39, 0.29) is 5.69 Å². The number of alkyl halides is 3. The Labute approximate surface area is 240 Å². The summed E-state index contributed by atoms with van der Waals surface area (Å²) in [5, 5.41) is 10.2. The van der Waals surface area contributed by atoms with E-state index in [2.05, 4.69) is 28.2 Å². The number of carbonyl (C=O) groups excluding carboxylic acids is 1. The van der Waals surface area contributed by atoms with Crippen LogP contribution in [0, 0.1) is 5.82 Å². The number of carboxylic acid groups (broad SMARTS) is 1. The molecule has 1 heterocycles. The Hall–Kier alpha value is -3.67. The fourth-order valence-electron chi connectivity index (χ4n) is 4.20. The van der Waals surface area contributed by atoms with Gasteiger partial charge in [-0.3, -0.25) is 9.69 Å². The number of amides is 1. The average molecular weight is 596 g/mol. The third-order valence-corrected chi connectivity index (χ3v) is 6.60. The molecule has 12 heteroatoms. The predicted octanol–water partition coefficient (Wildman–Crippen LogP) is 6.18. The van der Waals surface area contributed by atoms with Gasteiger partial charge in [-0.2, -0.15) is 13.2 Å². The predicted molar refractivity (Wildman–Crippen MR) is 149 cm³/mol. The maximum Gasteiger partial charge on any atom is 0.490 e. The van der Waals surface area contributed by atoms with Gasteiger partial charge in [0.1, 0.15) is 11.6 Å². The Balaban J connectivity index is 0.000000587. The minimum Gasteiger partial charge on any atom is -0.496 e. The number of carbonyl (C=O) groups is 2. The first kappa shape index (κ1) is 31.9. The van der Waals surface area contributed by atoms with E-state index in [0.717, 1.165) is 61.6 Å². The summed E-state index contributed by atoms with van der Waals surface area (Å²) in [6, 6.07) is 17.3. The van der Waals surface area contributed by atoms with Crippen molar-refractivity contribution < 1.29 is 37.0 Å². The first-order valence-corrected chi connectivity index (χ1v) is 13.0. The number of carboxylic acids is 1. The summed E-state index contributed by atoms with van der Waals surface area (Å²) < 4.78 is 52.2. The summed E-state index contributed by atoms with van der Waals surface area (Å²) in [4.78, 5) is 26.1.